The number of anilines is 1. The quantitative estimate of drug-likeness (QED) is 0.436. The number of aromatic amines is 1. The molecule has 1 atom stereocenters. The molecule has 4 nitrogen and oxygen atoms in total. The standard InChI is InChI=1S/C27H26FN3O/c1-19-25(23-9-5-6-10-24(23)29-19)27(32)26(20-7-3-2-4-8-20)31-17-15-30(16-18-31)22-13-11-21(28)12-14-22/h2-14,26,29H,15-18H2,1H3/t26-/m0/s1. The molecule has 3 aromatic carbocycles. The number of nitrogens with one attached hydrogen (secondary N) is 1. The van der Waals surface area contributed by atoms with E-state index in [0.717, 1.165) is 59.6 Å². The fourth-order valence-corrected chi connectivity index (χ4v) is 4.78. The van der Waals surface area contributed by atoms with E-state index in [0.29, 0.717) is 0 Å². The van der Waals surface area contributed by atoms with Crippen molar-refractivity contribution in [1.82, 2.24) is 9.88 Å². The lowest BCUT2D eigenvalue weighted by Crippen LogP contribution is -2.49. The summed E-state index contributed by atoms with van der Waals surface area (Å²) in [6.07, 6.45) is 0. The van der Waals surface area contributed by atoms with Crippen LogP contribution >= 0.6 is 0 Å². The van der Waals surface area contributed by atoms with E-state index in [-0.39, 0.29) is 17.6 Å². The third-order valence-corrected chi connectivity index (χ3v) is 6.37. The number of benzene rings is 3. The van der Waals surface area contributed by atoms with Crippen molar-refractivity contribution in [3.8, 4) is 0 Å². The number of carbonyl (C=O) groups excluding carboxylic acids is 1. The zero-order chi connectivity index (χ0) is 22.1. The molecule has 1 fully saturated rings. The molecular weight excluding hydrogens is 401 g/mol. The second-order valence-corrected chi connectivity index (χ2v) is 8.35. The topological polar surface area (TPSA) is 39.3 Å². The van der Waals surface area contributed by atoms with Crippen LogP contribution in [0.5, 0.6) is 0 Å². The molecule has 0 bridgehead atoms. The normalized spacial score (nSPS) is 15.8. The summed E-state index contributed by atoms with van der Waals surface area (Å²) in [4.78, 5) is 21.9. The summed E-state index contributed by atoms with van der Waals surface area (Å²) >= 11 is 0. The lowest BCUT2D eigenvalue weighted by atomic mass is 9.93. The lowest BCUT2D eigenvalue weighted by Gasteiger charge is -2.40. The van der Waals surface area contributed by atoms with E-state index in [1.165, 1.54) is 12.1 Å². The van der Waals surface area contributed by atoms with Gasteiger partial charge in [-0.05, 0) is 42.8 Å². The first kappa shape index (κ1) is 20.5. The number of para-hydroxylation sites is 1. The van der Waals surface area contributed by atoms with Crippen LogP contribution in [0, 0.1) is 12.7 Å². The molecule has 5 rings (SSSR count). The van der Waals surface area contributed by atoms with Gasteiger partial charge in [0.2, 0.25) is 0 Å². The van der Waals surface area contributed by atoms with Crippen LogP contribution in [-0.2, 0) is 0 Å². The van der Waals surface area contributed by atoms with E-state index < -0.39 is 0 Å². The zero-order valence-electron chi connectivity index (χ0n) is 18.1. The number of ketones is 1. The third kappa shape index (κ3) is 3.80. The number of halogens is 1. The minimum absolute atomic E-state index is 0.126. The highest BCUT2D eigenvalue weighted by molar-refractivity contribution is 6.11. The Kier molecular flexibility index (Phi) is 5.50. The molecule has 1 aliphatic rings. The maximum absolute atomic E-state index is 14.0. The Balaban J connectivity index is 1.45. The van der Waals surface area contributed by atoms with Crippen LogP contribution in [0.15, 0.2) is 78.9 Å². The summed E-state index contributed by atoms with van der Waals surface area (Å²) in [5, 5.41) is 0.973. The van der Waals surface area contributed by atoms with Crippen molar-refractivity contribution in [1.29, 1.82) is 0 Å². The molecule has 0 radical (unpaired) electrons. The van der Waals surface area contributed by atoms with Crippen LogP contribution in [0.3, 0.4) is 0 Å². The number of aromatic nitrogens is 1. The largest absolute Gasteiger partial charge is 0.369 e. The molecule has 1 N–H and O–H groups in total. The van der Waals surface area contributed by atoms with E-state index in [2.05, 4.69) is 14.8 Å². The number of piperazine rings is 1. The van der Waals surface area contributed by atoms with Crippen molar-refractivity contribution >= 4 is 22.4 Å². The fourth-order valence-electron chi connectivity index (χ4n) is 4.78. The highest BCUT2D eigenvalue weighted by atomic mass is 19.1. The Bertz CT molecular complexity index is 1220. The van der Waals surface area contributed by atoms with Crippen molar-refractivity contribution in [3.05, 3.63) is 102 Å². The van der Waals surface area contributed by atoms with Crippen LogP contribution < -0.4 is 4.90 Å². The van der Waals surface area contributed by atoms with Crippen LogP contribution in [0.4, 0.5) is 10.1 Å². The van der Waals surface area contributed by atoms with Gasteiger partial charge < -0.3 is 9.88 Å². The van der Waals surface area contributed by atoms with Gasteiger partial charge in [-0.15, -0.1) is 0 Å². The predicted octanol–water partition coefficient (Wildman–Crippen LogP) is 5.36. The number of aryl methyl sites for hydroxylation is 1. The van der Waals surface area contributed by atoms with Gasteiger partial charge in [0.05, 0.1) is 6.04 Å². The molecule has 0 unspecified atom stereocenters. The zero-order valence-corrected chi connectivity index (χ0v) is 18.1. The van der Waals surface area contributed by atoms with Gasteiger partial charge in [0, 0.05) is 54.0 Å². The molecule has 0 aliphatic carbocycles. The Labute approximate surface area is 187 Å². The van der Waals surface area contributed by atoms with Crippen molar-refractivity contribution in [2.75, 3.05) is 31.1 Å². The Hall–Kier alpha value is -3.44. The molecule has 32 heavy (non-hydrogen) atoms. The van der Waals surface area contributed by atoms with Gasteiger partial charge in [0.15, 0.2) is 5.78 Å². The number of H-pyrrole nitrogens is 1. The Morgan fingerprint density at radius 1 is 0.875 bits per heavy atom. The summed E-state index contributed by atoms with van der Waals surface area (Å²) in [7, 11) is 0. The van der Waals surface area contributed by atoms with Gasteiger partial charge in [0.1, 0.15) is 5.82 Å². The fraction of sp³-hybridized carbons (Fsp3) is 0.222. The van der Waals surface area contributed by atoms with Gasteiger partial charge in [-0.25, -0.2) is 4.39 Å². The minimum atomic E-state index is -0.343. The van der Waals surface area contributed by atoms with Crippen molar-refractivity contribution in [2.45, 2.75) is 13.0 Å². The van der Waals surface area contributed by atoms with Crippen molar-refractivity contribution in [3.63, 3.8) is 0 Å². The number of carbonyl (C=O) groups is 1. The maximum atomic E-state index is 14.0. The molecule has 2 heterocycles. The average molecular weight is 428 g/mol. The van der Waals surface area contributed by atoms with Crippen molar-refractivity contribution < 1.29 is 9.18 Å². The van der Waals surface area contributed by atoms with Gasteiger partial charge in [-0.3, -0.25) is 9.69 Å². The number of rotatable bonds is 5. The smallest absolute Gasteiger partial charge is 0.186 e. The third-order valence-electron chi connectivity index (χ3n) is 6.37. The monoisotopic (exact) mass is 427 g/mol. The lowest BCUT2D eigenvalue weighted by molar-refractivity contribution is 0.0807. The molecule has 1 aromatic heterocycles. The predicted molar refractivity (Wildman–Crippen MR) is 127 cm³/mol. The van der Waals surface area contributed by atoms with E-state index in [1.54, 1.807) is 0 Å². The summed E-state index contributed by atoms with van der Waals surface area (Å²) in [6.45, 7) is 5.06. The van der Waals surface area contributed by atoms with Crippen LogP contribution in [-0.4, -0.2) is 41.8 Å². The first-order valence-corrected chi connectivity index (χ1v) is 11.0. The number of nitrogens with zero attached hydrogens (tertiary/aromatic N) is 2. The van der Waals surface area contributed by atoms with Crippen molar-refractivity contribution in [2.24, 2.45) is 0 Å². The van der Waals surface area contributed by atoms with Gasteiger partial charge in [-0.2, -0.15) is 0 Å². The molecule has 0 saturated carbocycles. The van der Waals surface area contributed by atoms with Crippen LogP contribution in [0.25, 0.3) is 10.9 Å². The minimum Gasteiger partial charge on any atom is -0.369 e. The molecule has 162 valence electrons. The number of hydrogen-bond acceptors (Lipinski definition) is 3. The summed E-state index contributed by atoms with van der Waals surface area (Å²) in [6, 6.07) is 24.3. The molecule has 0 amide bonds. The van der Waals surface area contributed by atoms with Crippen LogP contribution in [0.2, 0.25) is 0 Å². The average Bonchev–Trinajstić information content (AvgIpc) is 3.16. The molecule has 4 aromatic rings. The van der Waals surface area contributed by atoms with E-state index in [1.807, 2.05) is 73.7 Å². The second-order valence-electron chi connectivity index (χ2n) is 8.35. The van der Waals surface area contributed by atoms with Gasteiger partial charge in [-0.1, -0.05) is 48.5 Å². The Morgan fingerprint density at radius 3 is 2.25 bits per heavy atom. The summed E-state index contributed by atoms with van der Waals surface area (Å²) in [5.74, 6) is -0.0994. The maximum Gasteiger partial charge on any atom is 0.186 e. The van der Waals surface area contributed by atoms with Crippen LogP contribution in [0.1, 0.15) is 27.7 Å². The van der Waals surface area contributed by atoms with E-state index >= 15 is 0 Å². The van der Waals surface area contributed by atoms with Gasteiger partial charge >= 0.3 is 0 Å². The molecule has 1 saturated heterocycles. The highest BCUT2D eigenvalue weighted by Crippen LogP contribution is 2.32. The summed E-state index contributed by atoms with van der Waals surface area (Å²) in [5.41, 5.74) is 4.69. The SMILES string of the molecule is Cc1[nH]c2ccccc2c1C(=O)[C@H](c1ccccc1)N1CCN(c2ccc(F)cc2)CC1. The van der Waals surface area contributed by atoms with Gasteiger partial charge in [0.25, 0.3) is 0 Å². The van der Waals surface area contributed by atoms with E-state index in [9.17, 15) is 9.18 Å². The molecular formula is C27H26FN3O. The highest BCUT2D eigenvalue weighted by Gasteiger charge is 2.33. The molecule has 5 heteroatoms. The second kappa shape index (κ2) is 8.60. The number of hydrogen-bond donors (Lipinski definition) is 1. The van der Waals surface area contributed by atoms with E-state index in [4.69, 9.17) is 0 Å². The first-order chi connectivity index (χ1) is 15.6. The number of Topliss-reactive ketones (excluding diaryl/α,β-unsaturated/α-hetero) is 1. The summed E-state index contributed by atoms with van der Waals surface area (Å²) < 4.78 is 13.3. The molecule has 1 aliphatic heterocycles. The molecule has 0 spiro atoms. The Morgan fingerprint density at radius 2 is 1.53 bits per heavy atom. The number of fused-ring (bicyclic) bond motifs is 1. The first-order valence-electron chi connectivity index (χ1n) is 11.0.